The Hall–Kier alpha value is -3.47. The molecule has 0 radical (unpaired) electrons. The Morgan fingerprint density at radius 2 is 1.81 bits per heavy atom. The van der Waals surface area contributed by atoms with Crippen molar-refractivity contribution in [1.29, 1.82) is 0 Å². The number of nitrogens with one attached hydrogen (secondary N) is 1. The molecule has 0 amide bonds. The van der Waals surface area contributed by atoms with Crippen LogP contribution in [0.5, 0.6) is 0 Å². The first-order chi connectivity index (χ1) is 20.1. The third-order valence-corrected chi connectivity index (χ3v) is 10.9. The van der Waals surface area contributed by atoms with Gasteiger partial charge in [-0.3, -0.25) is 9.69 Å². The number of H-pyrrole nitrogens is 1. The molecule has 0 bridgehead atoms. The van der Waals surface area contributed by atoms with Gasteiger partial charge >= 0.3 is 0 Å². The van der Waals surface area contributed by atoms with E-state index in [1.165, 1.54) is 6.07 Å². The molecule has 0 spiro atoms. The zero-order valence-electron chi connectivity index (χ0n) is 24.2. The predicted octanol–water partition coefficient (Wildman–Crippen LogP) is 4.35. The molecule has 1 atom stereocenters. The van der Waals surface area contributed by atoms with E-state index in [1.807, 2.05) is 38.2 Å². The Morgan fingerprint density at radius 1 is 1.10 bits per heavy atom. The minimum absolute atomic E-state index is 0.0689. The van der Waals surface area contributed by atoms with Crippen LogP contribution in [0.2, 0.25) is 0 Å². The third kappa shape index (κ3) is 5.50. The number of para-hydroxylation sites is 1. The highest BCUT2D eigenvalue weighted by molar-refractivity contribution is 7.92. The molecule has 2 aromatic carbocycles. The molecule has 8 nitrogen and oxygen atoms in total. The fourth-order valence-electron chi connectivity index (χ4n) is 5.79. The molecule has 4 aromatic rings. The zero-order valence-corrected chi connectivity index (χ0v) is 25.0. The lowest BCUT2D eigenvalue weighted by Gasteiger charge is -2.35. The van der Waals surface area contributed by atoms with Crippen LogP contribution in [0.1, 0.15) is 42.3 Å². The second kappa shape index (κ2) is 11.3. The number of aryl methyl sites for hydroxylation is 1. The van der Waals surface area contributed by atoms with Crippen molar-refractivity contribution < 1.29 is 17.6 Å². The summed E-state index contributed by atoms with van der Waals surface area (Å²) >= 11 is 0. The van der Waals surface area contributed by atoms with Gasteiger partial charge in [-0.2, -0.15) is 0 Å². The number of likely N-dealkylation sites (N-methyl/N-ethyl adjacent to an activating group) is 1. The van der Waals surface area contributed by atoms with E-state index in [-0.39, 0.29) is 28.7 Å². The minimum Gasteiger partial charge on any atom is -0.360 e. The van der Waals surface area contributed by atoms with E-state index in [2.05, 4.69) is 26.8 Å². The summed E-state index contributed by atoms with van der Waals surface area (Å²) in [5.41, 5.74) is 4.53. The second-order valence-electron chi connectivity index (χ2n) is 11.7. The number of aromatic nitrogens is 3. The first-order valence-corrected chi connectivity index (χ1v) is 16.1. The van der Waals surface area contributed by atoms with Crippen molar-refractivity contribution >= 4 is 26.5 Å². The van der Waals surface area contributed by atoms with Gasteiger partial charge < -0.3 is 9.88 Å². The van der Waals surface area contributed by atoms with Crippen LogP contribution in [0, 0.1) is 12.7 Å². The number of sulfone groups is 1. The normalized spacial score (nSPS) is 17.5. The molecule has 1 aliphatic heterocycles. The number of nitrogens with zero attached hydrogens (tertiary/aromatic N) is 4. The first kappa shape index (κ1) is 28.6. The molecular formula is C32H36FN5O3S. The van der Waals surface area contributed by atoms with E-state index in [0.29, 0.717) is 30.8 Å². The molecule has 220 valence electrons. The number of carbonyl (C=O) groups excluding carboxylic acids is 1. The smallest absolute Gasteiger partial charge is 0.184 e. The average molecular weight is 590 g/mol. The number of hydrogen-bond donors (Lipinski definition) is 1. The van der Waals surface area contributed by atoms with Gasteiger partial charge in [0.1, 0.15) is 16.5 Å². The van der Waals surface area contributed by atoms with Gasteiger partial charge in [0.05, 0.1) is 17.0 Å². The Balaban J connectivity index is 1.26. The van der Waals surface area contributed by atoms with Gasteiger partial charge in [-0.1, -0.05) is 30.3 Å². The SMILES string of the molecule is Cc1cnc(Cc2cccc(S(=O)(=O)C3CC3)c2F)nc1-c1c[nH]c2c(CC(=O)[C@@H](C)N3CCN(C)CC3)cccc12. The Bertz CT molecular complexity index is 1760. The third-order valence-electron chi connectivity index (χ3n) is 8.66. The van der Waals surface area contributed by atoms with Crippen molar-refractivity contribution in [2.24, 2.45) is 0 Å². The topological polar surface area (TPSA) is 99.3 Å². The highest BCUT2D eigenvalue weighted by atomic mass is 32.2. The number of rotatable bonds is 9. The quantitative estimate of drug-likeness (QED) is 0.310. The summed E-state index contributed by atoms with van der Waals surface area (Å²) in [5.74, 6) is -0.129. The number of hydrogen-bond acceptors (Lipinski definition) is 7. The number of benzene rings is 2. The monoisotopic (exact) mass is 589 g/mol. The fraction of sp³-hybridized carbons (Fsp3) is 0.406. The highest BCUT2D eigenvalue weighted by Gasteiger charge is 2.38. The van der Waals surface area contributed by atoms with E-state index < -0.39 is 20.9 Å². The largest absolute Gasteiger partial charge is 0.360 e. The van der Waals surface area contributed by atoms with E-state index in [1.54, 1.807) is 18.3 Å². The Labute approximate surface area is 245 Å². The molecule has 1 saturated heterocycles. The number of halogens is 1. The van der Waals surface area contributed by atoms with Gasteiger partial charge in [0.15, 0.2) is 15.6 Å². The summed E-state index contributed by atoms with van der Waals surface area (Å²) in [6, 6.07) is 10.3. The maximum atomic E-state index is 15.4. The molecule has 1 saturated carbocycles. The van der Waals surface area contributed by atoms with Crippen molar-refractivity contribution in [2.75, 3.05) is 33.2 Å². The van der Waals surface area contributed by atoms with Gasteiger partial charge in [-0.25, -0.2) is 22.8 Å². The van der Waals surface area contributed by atoms with Gasteiger partial charge in [-0.05, 0) is 56.5 Å². The summed E-state index contributed by atoms with van der Waals surface area (Å²) in [6.45, 7) is 7.63. The lowest BCUT2D eigenvalue weighted by molar-refractivity contribution is -0.123. The predicted molar refractivity (Wildman–Crippen MR) is 161 cm³/mol. The van der Waals surface area contributed by atoms with Crippen LogP contribution in [0.25, 0.3) is 22.2 Å². The molecule has 2 aromatic heterocycles. The molecule has 0 unspecified atom stereocenters. The summed E-state index contributed by atoms with van der Waals surface area (Å²) in [7, 11) is -1.56. The number of carbonyl (C=O) groups is 1. The first-order valence-electron chi connectivity index (χ1n) is 14.5. The van der Waals surface area contributed by atoms with Gasteiger partial charge in [-0.15, -0.1) is 0 Å². The maximum absolute atomic E-state index is 15.4. The van der Waals surface area contributed by atoms with Crippen LogP contribution in [0.15, 0.2) is 53.7 Å². The maximum Gasteiger partial charge on any atom is 0.184 e. The highest BCUT2D eigenvalue weighted by Crippen LogP contribution is 2.36. The molecule has 1 N–H and O–H groups in total. The average Bonchev–Trinajstić information content (AvgIpc) is 3.76. The van der Waals surface area contributed by atoms with E-state index in [4.69, 9.17) is 4.98 Å². The van der Waals surface area contributed by atoms with Crippen LogP contribution in [0.4, 0.5) is 4.39 Å². The molecule has 2 aliphatic rings. The lowest BCUT2D eigenvalue weighted by Crippen LogP contribution is -2.50. The molecule has 42 heavy (non-hydrogen) atoms. The second-order valence-corrected chi connectivity index (χ2v) is 13.9. The van der Waals surface area contributed by atoms with Crippen LogP contribution in [-0.4, -0.2) is 83.5 Å². The van der Waals surface area contributed by atoms with Crippen LogP contribution >= 0.6 is 0 Å². The number of ketones is 1. The van der Waals surface area contributed by atoms with Gasteiger partial charge in [0.25, 0.3) is 0 Å². The Morgan fingerprint density at radius 3 is 2.55 bits per heavy atom. The van der Waals surface area contributed by atoms with Gasteiger partial charge in [0.2, 0.25) is 0 Å². The Kier molecular flexibility index (Phi) is 7.72. The number of fused-ring (bicyclic) bond motifs is 1. The standard InChI is InChI=1S/C32H36FN5O3S/c1-20-18-34-29(17-22-6-5-9-28(30(22)33)42(40,41)24-10-11-24)36-31(20)26-19-35-32-23(7-4-8-25(26)32)16-27(39)21(2)38-14-12-37(3)13-15-38/h4-9,18-19,21,24,35H,10-17H2,1-3H3/t21-/m1/s1. The number of piperazine rings is 1. The van der Waals surface area contributed by atoms with E-state index in [0.717, 1.165) is 53.8 Å². The summed E-state index contributed by atoms with van der Waals surface area (Å²) in [4.78, 5) is 30.2. The minimum atomic E-state index is -3.66. The van der Waals surface area contributed by atoms with Crippen LogP contribution in [0.3, 0.4) is 0 Å². The molecular weight excluding hydrogens is 553 g/mol. The summed E-state index contributed by atoms with van der Waals surface area (Å²) < 4.78 is 40.8. The van der Waals surface area contributed by atoms with Crippen molar-refractivity contribution in [3.05, 3.63) is 77.1 Å². The molecule has 3 heterocycles. The molecule has 10 heteroatoms. The fourth-order valence-corrected chi connectivity index (χ4v) is 7.55. The van der Waals surface area contributed by atoms with Gasteiger partial charge in [0, 0.05) is 67.9 Å². The summed E-state index contributed by atoms with van der Waals surface area (Å²) in [5, 5.41) is 0.463. The van der Waals surface area contributed by atoms with E-state index >= 15 is 4.39 Å². The van der Waals surface area contributed by atoms with Crippen molar-refractivity contribution in [3.63, 3.8) is 0 Å². The van der Waals surface area contributed by atoms with Crippen molar-refractivity contribution in [2.45, 2.75) is 55.7 Å². The van der Waals surface area contributed by atoms with Crippen molar-refractivity contribution in [1.82, 2.24) is 24.8 Å². The molecule has 1 aliphatic carbocycles. The molecule has 2 fully saturated rings. The van der Waals surface area contributed by atoms with Crippen LogP contribution < -0.4 is 0 Å². The molecule has 6 rings (SSSR count). The van der Waals surface area contributed by atoms with Crippen molar-refractivity contribution in [3.8, 4) is 11.3 Å². The van der Waals surface area contributed by atoms with Crippen LogP contribution in [-0.2, 0) is 27.5 Å². The van der Waals surface area contributed by atoms with E-state index in [9.17, 15) is 13.2 Å². The lowest BCUT2D eigenvalue weighted by atomic mass is 9.99. The number of aromatic amines is 1. The summed E-state index contributed by atoms with van der Waals surface area (Å²) in [6.07, 6.45) is 5.16. The number of Topliss-reactive ketones (excluding diaryl/α,β-unsaturated/α-hetero) is 1. The zero-order chi connectivity index (χ0) is 29.6.